The molecule has 0 unspecified atom stereocenters. The molecule has 1 aliphatic carbocycles. The number of fused-ring (bicyclic) bond motifs is 3. The second-order valence-electron chi connectivity index (χ2n) is 7.12. The first kappa shape index (κ1) is 18.3. The van der Waals surface area contributed by atoms with Gasteiger partial charge >= 0.3 is 0 Å². The Labute approximate surface area is 174 Å². The zero-order valence-corrected chi connectivity index (χ0v) is 17.3. The van der Waals surface area contributed by atoms with Crippen molar-refractivity contribution in [1.29, 1.82) is 0 Å². The summed E-state index contributed by atoms with van der Waals surface area (Å²) in [6.45, 7) is 0.644. The minimum absolute atomic E-state index is 0.106. The van der Waals surface area contributed by atoms with E-state index in [1.807, 2.05) is 17.5 Å². The summed E-state index contributed by atoms with van der Waals surface area (Å²) in [5.74, 6) is 0.547. The maximum atomic E-state index is 13.0. The Morgan fingerprint density at radius 1 is 1.21 bits per heavy atom. The number of thiophene rings is 2. The zero-order valence-electron chi connectivity index (χ0n) is 15.6. The van der Waals surface area contributed by atoms with Crippen molar-refractivity contribution in [2.45, 2.75) is 38.8 Å². The normalized spacial score (nSPS) is 13.5. The van der Waals surface area contributed by atoms with Gasteiger partial charge in [-0.1, -0.05) is 6.07 Å². The highest BCUT2D eigenvalue weighted by molar-refractivity contribution is 7.18. The summed E-state index contributed by atoms with van der Waals surface area (Å²) in [5, 5.41) is 2.71. The molecule has 1 amide bonds. The fourth-order valence-electron chi connectivity index (χ4n) is 3.81. The summed E-state index contributed by atoms with van der Waals surface area (Å²) in [4.78, 5) is 38.2. The lowest BCUT2D eigenvalue weighted by Crippen LogP contribution is -2.31. The van der Waals surface area contributed by atoms with Crippen molar-refractivity contribution in [3.05, 3.63) is 73.2 Å². The van der Waals surface area contributed by atoms with Crippen LogP contribution in [0.25, 0.3) is 10.2 Å². The molecule has 4 aromatic heterocycles. The van der Waals surface area contributed by atoms with Crippen molar-refractivity contribution in [3.63, 3.8) is 0 Å². The molecule has 6 nitrogen and oxygen atoms in total. The maximum Gasteiger partial charge on any atom is 0.290 e. The molecule has 0 aromatic carbocycles. The van der Waals surface area contributed by atoms with Gasteiger partial charge in [0.25, 0.3) is 11.5 Å². The Balaban J connectivity index is 1.50. The van der Waals surface area contributed by atoms with Gasteiger partial charge in [-0.05, 0) is 54.8 Å². The first-order valence-electron chi connectivity index (χ1n) is 9.57. The van der Waals surface area contributed by atoms with Crippen LogP contribution in [0.4, 0.5) is 0 Å². The first-order chi connectivity index (χ1) is 14.2. The molecule has 1 aliphatic rings. The standard InChI is InChI=1S/C21H19N3O3S2/c25-19-18-14-6-1-2-8-16(14)29-20(18)23-17(22-19)12-24(11-13-5-4-10-28-13)21(26)15-7-3-9-27-15/h3-5,7,9-10H,1-2,6,8,11-12H2,(H,22,23,25). The minimum atomic E-state index is -0.225. The highest BCUT2D eigenvalue weighted by atomic mass is 32.1. The number of aromatic amines is 1. The fourth-order valence-corrected chi connectivity index (χ4v) is 5.81. The molecule has 0 spiro atoms. The summed E-state index contributed by atoms with van der Waals surface area (Å²) in [6, 6.07) is 7.28. The van der Waals surface area contributed by atoms with Crippen molar-refractivity contribution >= 4 is 38.8 Å². The Hall–Kier alpha value is -2.71. The number of carbonyl (C=O) groups excluding carboxylic acids is 1. The van der Waals surface area contributed by atoms with Gasteiger partial charge in [-0.25, -0.2) is 4.98 Å². The highest BCUT2D eigenvalue weighted by Crippen LogP contribution is 2.33. The number of amides is 1. The van der Waals surface area contributed by atoms with Crippen LogP contribution < -0.4 is 5.56 Å². The molecule has 4 aromatic rings. The Kier molecular flexibility index (Phi) is 4.81. The van der Waals surface area contributed by atoms with Crippen molar-refractivity contribution in [1.82, 2.24) is 14.9 Å². The molecule has 0 saturated heterocycles. The summed E-state index contributed by atoms with van der Waals surface area (Å²) in [6.07, 6.45) is 5.73. The van der Waals surface area contributed by atoms with Gasteiger partial charge < -0.3 is 14.3 Å². The van der Waals surface area contributed by atoms with Crippen LogP contribution in [0.3, 0.4) is 0 Å². The molecule has 4 heterocycles. The van der Waals surface area contributed by atoms with Gasteiger partial charge in [-0.3, -0.25) is 9.59 Å². The molecule has 0 bridgehead atoms. The number of aryl methyl sites for hydroxylation is 2. The van der Waals surface area contributed by atoms with E-state index < -0.39 is 0 Å². The third-order valence-electron chi connectivity index (χ3n) is 5.16. The van der Waals surface area contributed by atoms with Crippen molar-refractivity contribution in [3.8, 4) is 0 Å². The molecule has 8 heteroatoms. The Bertz CT molecular complexity index is 1210. The van der Waals surface area contributed by atoms with Gasteiger partial charge in [0, 0.05) is 9.75 Å². The van der Waals surface area contributed by atoms with Crippen molar-refractivity contribution in [2.24, 2.45) is 0 Å². The fraction of sp³-hybridized carbons (Fsp3) is 0.286. The topological polar surface area (TPSA) is 79.2 Å². The Morgan fingerprint density at radius 3 is 2.90 bits per heavy atom. The summed E-state index contributed by atoms with van der Waals surface area (Å²) < 4.78 is 5.30. The van der Waals surface area contributed by atoms with Gasteiger partial charge in [-0.15, -0.1) is 22.7 Å². The smallest absolute Gasteiger partial charge is 0.290 e. The number of nitrogens with one attached hydrogen (secondary N) is 1. The van der Waals surface area contributed by atoms with E-state index >= 15 is 0 Å². The molecule has 0 saturated carbocycles. The lowest BCUT2D eigenvalue weighted by Gasteiger charge is -2.20. The lowest BCUT2D eigenvalue weighted by atomic mass is 9.97. The van der Waals surface area contributed by atoms with E-state index in [1.165, 1.54) is 16.7 Å². The van der Waals surface area contributed by atoms with Crippen LogP contribution in [-0.2, 0) is 25.9 Å². The number of furan rings is 1. The molecule has 5 rings (SSSR count). The quantitative estimate of drug-likeness (QED) is 0.515. The Morgan fingerprint density at radius 2 is 2.10 bits per heavy atom. The van der Waals surface area contributed by atoms with E-state index in [-0.39, 0.29) is 23.8 Å². The third kappa shape index (κ3) is 3.54. The van der Waals surface area contributed by atoms with Crippen LogP contribution in [-0.4, -0.2) is 20.8 Å². The average molecular weight is 426 g/mol. The second-order valence-corrected chi connectivity index (χ2v) is 9.24. The van der Waals surface area contributed by atoms with Gasteiger partial charge in [0.1, 0.15) is 10.7 Å². The van der Waals surface area contributed by atoms with E-state index in [0.29, 0.717) is 12.4 Å². The maximum absolute atomic E-state index is 13.0. The number of rotatable bonds is 5. The van der Waals surface area contributed by atoms with E-state index in [1.54, 1.807) is 39.7 Å². The highest BCUT2D eigenvalue weighted by Gasteiger charge is 2.23. The average Bonchev–Trinajstić information content (AvgIpc) is 3.47. The van der Waals surface area contributed by atoms with E-state index in [4.69, 9.17) is 9.40 Å². The number of nitrogens with zero attached hydrogens (tertiary/aromatic N) is 2. The van der Waals surface area contributed by atoms with Gasteiger partial charge in [0.05, 0.1) is 24.7 Å². The third-order valence-corrected chi connectivity index (χ3v) is 7.21. The number of aromatic nitrogens is 2. The number of carbonyl (C=O) groups is 1. The number of hydrogen-bond acceptors (Lipinski definition) is 6. The van der Waals surface area contributed by atoms with Crippen molar-refractivity contribution in [2.75, 3.05) is 0 Å². The molecular weight excluding hydrogens is 406 g/mol. The van der Waals surface area contributed by atoms with Gasteiger partial charge in [-0.2, -0.15) is 0 Å². The van der Waals surface area contributed by atoms with Crippen LogP contribution in [0.1, 0.15) is 44.5 Å². The molecular formula is C21H19N3O3S2. The molecule has 148 valence electrons. The molecule has 0 aliphatic heterocycles. The van der Waals surface area contributed by atoms with Gasteiger partial charge in [0.15, 0.2) is 5.76 Å². The number of H-pyrrole nitrogens is 1. The monoisotopic (exact) mass is 425 g/mol. The van der Waals surface area contributed by atoms with E-state index in [0.717, 1.165) is 40.8 Å². The molecule has 29 heavy (non-hydrogen) atoms. The summed E-state index contributed by atoms with van der Waals surface area (Å²) >= 11 is 3.20. The van der Waals surface area contributed by atoms with Crippen LogP contribution >= 0.6 is 22.7 Å². The first-order valence-corrected chi connectivity index (χ1v) is 11.3. The zero-order chi connectivity index (χ0) is 19.8. The summed E-state index contributed by atoms with van der Waals surface area (Å²) in [5.41, 5.74) is 1.06. The van der Waals surface area contributed by atoms with Crippen molar-refractivity contribution < 1.29 is 9.21 Å². The van der Waals surface area contributed by atoms with Crippen LogP contribution in [0.5, 0.6) is 0 Å². The largest absolute Gasteiger partial charge is 0.459 e. The minimum Gasteiger partial charge on any atom is -0.459 e. The van der Waals surface area contributed by atoms with E-state index in [9.17, 15) is 9.59 Å². The van der Waals surface area contributed by atoms with E-state index in [2.05, 4.69) is 4.98 Å². The predicted octanol–water partition coefficient (Wildman–Crippen LogP) is 4.36. The molecule has 0 radical (unpaired) electrons. The molecule has 1 N–H and O–H groups in total. The SMILES string of the molecule is O=C(c1ccco1)N(Cc1nc2sc3c(c2c(=O)[nH]1)CCCC3)Cc1cccs1. The van der Waals surface area contributed by atoms with Crippen LogP contribution in [0.15, 0.2) is 45.1 Å². The van der Waals surface area contributed by atoms with Gasteiger partial charge in [0.2, 0.25) is 0 Å². The summed E-state index contributed by atoms with van der Waals surface area (Å²) in [7, 11) is 0. The van der Waals surface area contributed by atoms with Crippen LogP contribution in [0.2, 0.25) is 0 Å². The predicted molar refractivity (Wildman–Crippen MR) is 113 cm³/mol. The molecule has 0 fully saturated rings. The second kappa shape index (κ2) is 7.61. The lowest BCUT2D eigenvalue weighted by molar-refractivity contribution is 0.0695. The van der Waals surface area contributed by atoms with Crippen LogP contribution in [0, 0.1) is 0 Å². The molecule has 0 atom stereocenters. The number of hydrogen-bond donors (Lipinski definition) is 1.